The van der Waals surface area contributed by atoms with Gasteiger partial charge in [-0.05, 0) is 48.6 Å². The number of esters is 1. The predicted octanol–water partition coefficient (Wildman–Crippen LogP) is 2.29. The summed E-state index contributed by atoms with van der Waals surface area (Å²) < 4.78 is 5.31. The number of hydrogen-bond acceptors (Lipinski definition) is 3. The normalized spacial score (nSPS) is 18.2. The lowest BCUT2D eigenvalue weighted by Gasteiger charge is -2.17. The predicted molar refractivity (Wildman–Crippen MR) is 69.5 cm³/mol. The first kappa shape index (κ1) is 11.7. The number of fused-ring (bicyclic) bond motifs is 1. The number of rotatable bonds is 4. The van der Waals surface area contributed by atoms with Gasteiger partial charge < -0.3 is 10.1 Å². The highest BCUT2D eigenvalue weighted by Crippen LogP contribution is 2.32. The van der Waals surface area contributed by atoms with E-state index in [1.807, 2.05) is 12.1 Å². The maximum absolute atomic E-state index is 11.9. The molecule has 0 atom stereocenters. The van der Waals surface area contributed by atoms with Crippen molar-refractivity contribution in [2.24, 2.45) is 5.92 Å². The van der Waals surface area contributed by atoms with Crippen LogP contribution < -0.4 is 5.32 Å². The minimum absolute atomic E-state index is 0.177. The van der Waals surface area contributed by atoms with E-state index in [1.165, 1.54) is 24.0 Å². The van der Waals surface area contributed by atoms with Gasteiger partial charge in [0.1, 0.15) is 0 Å². The largest absolute Gasteiger partial charge is 0.462 e. The van der Waals surface area contributed by atoms with Gasteiger partial charge in [0, 0.05) is 6.54 Å². The van der Waals surface area contributed by atoms with Crippen molar-refractivity contribution in [1.29, 1.82) is 0 Å². The van der Waals surface area contributed by atoms with Crippen LogP contribution in [-0.4, -0.2) is 19.1 Å². The van der Waals surface area contributed by atoms with Crippen LogP contribution in [0.1, 0.15) is 40.7 Å². The number of hydrogen-bond donors (Lipinski definition) is 1. The third kappa shape index (κ3) is 2.72. The number of benzene rings is 1. The molecule has 1 aromatic rings. The minimum atomic E-state index is -0.177. The van der Waals surface area contributed by atoms with E-state index in [9.17, 15) is 4.79 Å². The molecule has 0 saturated heterocycles. The lowest BCUT2D eigenvalue weighted by molar-refractivity contribution is 0.0494. The molecule has 0 radical (unpaired) electrons. The molecule has 0 aromatic heterocycles. The zero-order valence-corrected chi connectivity index (χ0v) is 10.6. The van der Waals surface area contributed by atoms with Crippen molar-refractivity contribution in [1.82, 2.24) is 5.32 Å². The van der Waals surface area contributed by atoms with E-state index in [2.05, 4.69) is 11.4 Å². The van der Waals surface area contributed by atoms with Crippen LogP contribution >= 0.6 is 0 Å². The van der Waals surface area contributed by atoms with Gasteiger partial charge in [-0.25, -0.2) is 4.79 Å². The minimum Gasteiger partial charge on any atom is -0.462 e. The fourth-order valence-corrected chi connectivity index (χ4v) is 2.42. The Hall–Kier alpha value is -1.35. The second kappa shape index (κ2) is 5.11. The van der Waals surface area contributed by atoms with Crippen LogP contribution in [-0.2, 0) is 17.7 Å². The average Bonchev–Trinajstić information content (AvgIpc) is 3.22. The lowest BCUT2D eigenvalue weighted by atomic mass is 9.99. The number of carbonyl (C=O) groups excluding carboxylic acids is 1. The van der Waals surface area contributed by atoms with Crippen LogP contribution in [0.25, 0.3) is 0 Å². The van der Waals surface area contributed by atoms with E-state index in [1.54, 1.807) is 0 Å². The zero-order valence-electron chi connectivity index (χ0n) is 10.6. The Morgan fingerprint density at radius 2 is 2.22 bits per heavy atom. The van der Waals surface area contributed by atoms with Gasteiger partial charge in [0.05, 0.1) is 12.2 Å². The maximum atomic E-state index is 11.9. The van der Waals surface area contributed by atoms with Crippen molar-refractivity contribution in [2.75, 3.05) is 13.2 Å². The highest BCUT2D eigenvalue weighted by atomic mass is 16.5. The molecule has 3 rings (SSSR count). The molecule has 0 amide bonds. The van der Waals surface area contributed by atoms with Crippen LogP contribution in [0.2, 0.25) is 0 Å². The maximum Gasteiger partial charge on any atom is 0.338 e. The highest BCUT2D eigenvalue weighted by molar-refractivity contribution is 5.89. The zero-order chi connectivity index (χ0) is 12.4. The lowest BCUT2D eigenvalue weighted by Crippen LogP contribution is -2.24. The van der Waals surface area contributed by atoms with E-state index in [-0.39, 0.29) is 5.97 Å². The Morgan fingerprint density at radius 3 is 3.06 bits per heavy atom. The summed E-state index contributed by atoms with van der Waals surface area (Å²) in [6.07, 6.45) is 4.69. The van der Waals surface area contributed by atoms with Crippen LogP contribution in [0.4, 0.5) is 0 Å². The summed E-state index contributed by atoms with van der Waals surface area (Å²) in [6.45, 7) is 2.45. The van der Waals surface area contributed by atoms with Gasteiger partial charge in [0.15, 0.2) is 0 Å². The quantitative estimate of drug-likeness (QED) is 0.827. The molecule has 96 valence electrons. The van der Waals surface area contributed by atoms with Gasteiger partial charge >= 0.3 is 5.97 Å². The van der Waals surface area contributed by atoms with Crippen molar-refractivity contribution >= 4 is 5.97 Å². The fourth-order valence-electron chi connectivity index (χ4n) is 2.42. The van der Waals surface area contributed by atoms with Gasteiger partial charge in [0.25, 0.3) is 0 Å². The van der Waals surface area contributed by atoms with E-state index in [4.69, 9.17) is 4.74 Å². The summed E-state index contributed by atoms with van der Waals surface area (Å²) in [5, 5.41) is 3.32. The van der Waals surface area contributed by atoms with E-state index in [0.29, 0.717) is 12.2 Å². The molecule has 1 aromatic carbocycles. The van der Waals surface area contributed by atoms with Crippen LogP contribution in [0.3, 0.4) is 0 Å². The van der Waals surface area contributed by atoms with Gasteiger partial charge in [-0.1, -0.05) is 18.9 Å². The smallest absolute Gasteiger partial charge is 0.338 e. The molecule has 18 heavy (non-hydrogen) atoms. The standard InChI is InChI=1S/C15H19NO2/c17-15(18-8-6-11-1-2-11)13-4-3-12-5-7-16-10-14(12)9-13/h3-4,9,11,16H,1-2,5-8,10H2. The van der Waals surface area contributed by atoms with Crippen LogP contribution in [0.15, 0.2) is 18.2 Å². The topological polar surface area (TPSA) is 38.3 Å². The third-order valence-corrected chi connectivity index (χ3v) is 3.78. The third-order valence-electron chi connectivity index (χ3n) is 3.78. The van der Waals surface area contributed by atoms with E-state index < -0.39 is 0 Å². The molecule has 1 fully saturated rings. The van der Waals surface area contributed by atoms with Gasteiger partial charge in [-0.3, -0.25) is 0 Å². The summed E-state index contributed by atoms with van der Waals surface area (Å²) in [5.74, 6) is 0.634. The van der Waals surface area contributed by atoms with Crippen LogP contribution in [0, 0.1) is 5.92 Å². The van der Waals surface area contributed by atoms with Crippen molar-refractivity contribution < 1.29 is 9.53 Å². The SMILES string of the molecule is O=C(OCCC1CC1)c1ccc2c(c1)CNCC2. The first-order chi connectivity index (χ1) is 8.83. The van der Waals surface area contributed by atoms with Gasteiger partial charge in [0.2, 0.25) is 0 Å². The molecule has 1 aliphatic carbocycles. The van der Waals surface area contributed by atoms with E-state index in [0.717, 1.165) is 31.8 Å². The molecule has 1 N–H and O–H groups in total. The Balaban J connectivity index is 1.61. The Labute approximate surface area is 108 Å². The molecule has 1 saturated carbocycles. The first-order valence-electron chi connectivity index (χ1n) is 6.82. The molecule has 3 heteroatoms. The summed E-state index contributed by atoms with van der Waals surface area (Å²) in [5.41, 5.74) is 3.27. The van der Waals surface area contributed by atoms with Gasteiger partial charge in [-0.2, -0.15) is 0 Å². The molecule has 0 unspecified atom stereocenters. The number of nitrogens with one attached hydrogen (secondary N) is 1. The molecule has 2 aliphatic rings. The van der Waals surface area contributed by atoms with E-state index >= 15 is 0 Å². The molecule has 0 spiro atoms. The van der Waals surface area contributed by atoms with Crippen molar-refractivity contribution in [3.05, 3.63) is 34.9 Å². The highest BCUT2D eigenvalue weighted by Gasteiger charge is 2.21. The molecule has 1 aliphatic heterocycles. The molecule has 0 bridgehead atoms. The first-order valence-corrected chi connectivity index (χ1v) is 6.82. The average molecular weight is 245 g/mol. The van der Waals surface area contributed by atoms with Crippen molar-refractivity contribution in [2.45, 2.75) is 32.2 Å². The number of carbonyl (C=O) groups is 1. The monoisotopic (exact) mass is 245 g/mol. The summed E-state index contributed by atoms with van der Waals surface area (Å²) in [6, 6.07) is 5.93. The van der Waals surface area contributed by atoms with Crippen molar-refractivity contribution in [3.8, 4) is 0 Å². The molecular formula is C15H19NO2. The summed E-state index contributed by atoms with van der Waals surface area (Å²) in [7, 11) is 0. The summed E-state index contributed by atoms with van der Waals surface area (Å²) >= 11 is 0. The molecule has 1 heterocycles. The Kier molecular flexibility index (Phi) is 3.33. The Morgan fingerprint density at radius 1 is 1.33 bits per heavy atom. The van der Waals surface area contributed by atoms with Gasteiger partial charge in [-0.15, -0.1) is 0 Å². The molecule has 3 nitrogen and oxygen atoms in total. The van der Waals surface area contributed by atoms with Crippen molar-refractivity contribution in [3.63, 3.8) is 0 Å². The second-order valence-corrected chi connectivity index (χ2v) is 5.28. The summed E-state index contributed by atoms with van der Waals surface area (Å²) in [4.78, 5) is 11.9. The number of ether oxygens (including phenoxy) is 1. The second-order valence-electron chi connectivity index (χ2n) is 5.28. The molecular weight excluding hydrogens is 226 g/mol. The van der Waals surface area contributed by atoms with Crippen LogP contribution in [0.5, 0.6) is 0 Å². The Bertz CT molecular complexity index is 452. The fraction of sp³-hybridized carbons (Fsp3) is 0.533.